The Hall–Kier alpha value is -1.55. The standard InChI is InChI=1S/C13H9BrFNO/c1-8-4-3-7-16-12(8)13(17)9-5-2-6-10(14)11(9)15/h2-7H,1H3. The first-order valence-electron chi connectivity index (χ1n) is 5.01. The van der Waals surface area contributed by atoms with Crippen LogP contribution < -0.4 is 0 Å². The summed E-state index contributed by atoms with van der Waals surface area (Å²) in [6.07, 6.45) is 1.52. The molecule has 1 aromatic carbocycles. The number of halogens is 2. The van der Waals surface area contributed by atoms with E-state index in [9.17, 15) is 9.18 Å². The molecule has 2 rings (SSSR count). The second-order valence-electron chi connectivity index (χ2n) is 3.60. The lowest BCUT2D eigenvalue weighted by molar-refractivity contribution is 0.103. The minimum atomic E-state index is -0.553. The Morgan fingerprint density at radius 3 is 2.76 bits per heavy atom. The lowest BCUT2D eigenvalue weighted by Gasteiger charge is -2.05. The summed E-state index contributed by atoms with van der Waals surface area (Å²) in [5.41, 5.74) is 1.04. The van der Waals surface area contributed by atoms with E-state index in [2.05, 4.69) is 20.9 Å². The molecule has 0 aliphatic heterocycles. The molecule has 0 aliphatic rings. The minimum absolute atomic E-state index is 0.0289. The van der Waals surface area contributed by atoms with Crippen molar-refractivity contribution in [3.8, 4) is 0 Å². The van der Waals surface area contributed by atoms with Crippen molar-refractivity contribution >= 4 is 21.7 Å². The van der Waals surface area contributed by atoms with Gasteiger partial charge in [0.05, 0.1) is 10.0 Å². The zero-order chi connectivity index (χ0) is 12.4. The first kappa shape index (κ1) is 11.9. The van der Waals surface area contributed by atoms with Gasteiger partial charge in [-0.25, -0.2) is 4.39 Å². The summed E-state index contributed by atoms with van der Waals surface area (Å²) in [4.78, 5) is 16.1. The maximum Gasteiger partial charge on any atom is 0.214 e. The van der Waals surface area contributed by atoms with Gasteiger partial charge in [-0.2, -0.15) is 0 Å². The van der Waals surface area contributed by atoms with Crippen LogP contribution in [0.1, 0.15) is 21.6 Å². The summed E-state index contributed by atoms with van der Waals surface area (Å²) >= 11 is 3.06. The van der Waals surface area contributed by atoms with Crippen LogP contribution in [0.5, 0.6) is 0 Å². The van der Waals surface area contributed by atoms with Gasteiger partial charge in [-0.1, -0.05) is 12.1 Å². The number of benzene rings is 1. The highest BCUT2D eigenvalue weighted by atomic mass is 79.9. The van der Waals surface area contributed by atoms with Crippen molar-refractivity contribution in [2.45, 2.75) is 6.92 Å². The van der Waals surface area contributed by atoms with E-state index in [1.807, 2.05) is 0 Å². The number of pyridine rings is 1. The van der Waals surface area contributed by atoms with Crippen molar-refractivity contribution in [1.29, 1.82) is 0 Å². The van der Waals surface area contributed by atoms with Crippen LogP contribution >= 0.6 is 15.9 Å². The van der Waals surface area contributed by atoms with Crippen molar-refractivity contribution in [2.75, 3.05) is 0 Å². The molecule has 2 aromatic rings. The molecule has 1 aromatic heterocycles. The maximum atomic E-state index is 13.8. The summed E-state index contributed by atoms with van der Waals surface area (Å²) in [6.45, 7) is 1.77. The van der Waals surface area contributed by atoms with Crippen molar-refractivity contribution in [3.63, 3.8) is 0 Å². The topological polar surface area (TPSA) is 30.0 Å². The van der Waals surface area contributed by atoms with Crippen LogP contribution in [0.25, 0.3) is 0 Å². The number of aryl methyl sites for hydroxylation is 1. The average Bonchev–Trinajstić information content (AvgIpc) is 2.32. The van der Waals surface area contributed by atoms with Gasteiger partial charge in [0.2, 0.25) is 5.78 Å². The molecule has 4 heteroatoms. The number of hydrogen-bond acceptors (Lipinski definition) is 2. The van der Waals surface area contributed by atoms with E-state index >= 15 is 0 Å². The van der Waals surface area contributed by atoms with E-state index in [0.717, 1.165) is 5.56 Å². The number of hydrogen-bond donors (Lipinski definition) is 0. The molecule has 0 saturated carbocycles. The third kappa shape index (κ3) is 2.26. The van der Waals surface area contributed by atoms with E-state index in [0.29, 0.717) is 0 Å². The summed E-state index contributed by atoms with van der Waals surface area (Å²) < 4.78 is 14.0. The van der Waals surface area contributed by atoms with Crippen LogP contribution in [-0.4, -0.2) is 10.8 Å². The molecule has 0 fully saturated rings. The highest BCUT2D eigenvalue weighted by molar-refractivity contribution is 9.10. The molecule has 0 unspecified atom stereocenters. The quantitative estimate of drug-likeness (QED) is 0.793. The second-order valence-corrected chi connectivity index (χ2v) is 4.45. The van der Waals surface area contributed by atoms with Crippen molar-refractivity contribution in [3.05, 3.63) is 63.6 Å². The second kappa shape index (κ2) is 4.75. The van der Waals surface area contributed by atoms with Gasteiger partial charge in [-0.3, -0.25) is 9.78 Å². The zero-order valence-corrected chi connectivity index (χ0v) is 10.7. The van der Waals surface area contributed by atoms with Crippen molar-refractivity contribution < 1.29 is 9.18 Å². The van der Waals surface area contributed by atoms with Gasteiger partial charge in [0, 0.05) is 6.20 Å². The molecule has 0 spiro atoms. The first-order chi connectivity index (χ1) is 8.11. The third-order valence-corrected chi connectivity index (χ3v) is 3.03. The fourth-order valence-electron chi connectivity index (χ4n) is 1.53. The van der Waals surface area contributed by atoms with Gasteiger partial charge in [-0.15, -0.1) is 0 Å². The van der Waals surface area contributed by atoms with E-state index < -0.39 is 11.6 Å². The molecule has 2 nitrogen and oxygen atoms in total. The van der Waals surface area contributed by atoms with Crippen molar-refractivity contribution in [1.82, 2.24) is 4.98 Å². The third-order valence-electron chi connectivity index (χ3n) is 2.42. The molecule has 0 N–H and O–H groups in total. The van der Waals surface area contributed by atoms with Gasteiger partial charge in [0.15, 0.2) is 0 Å². The lowest BCUT2D eigenvalue weighted by Crippen LogP contribution is -2.08. The van der Waals surface area contributed by atoms with Crippen molar-refractivity contribution in [2.24, 2.45) is 0 Å². The summed E-state index contributed by atoms with van der Waals surface area (Å²) in [5.74, 6) is -0.954. The molecular formula is C13H9BrFNO. The Balaban J connectivity index is 2.52. The molecule has 0 amide bonds. The highest BCUT2D eigenvalue weighted by Crippen LogP contribution is 2.21. The molecule has 0 radical (unpaired) electrons. The summed E-state index contributed by atoms with van der Waals surface area (Å²) in [7, 11) is 0. The normalized spacial score (nSPS) is 10.3. The van der Waals surface area contributed by atoms with Gasteiger partial charge < -0.3 is 0 Å². The zero-order valence-electron chi connectivity index (χ0n) is 9.08. The molecule has 1 heterocycles. The molecule has 0 bridgehead atoms. The number of carbonyl (C=O) groups excluding carboxylic acids is 1. The minimum Gasteiger partial charge on any atom is -0.287 e. The van der Waals surface area contributed by atoms with Crippen LogP contribution in [0.2, 0.25) is 0 Å². The molecule has 86 valence electrons. The number of ketones is 1. The smallest absolute Gasteiger partial charge is 0.214 e. The van der Waals surface area contributed by atoms with Gasteiger partial charge in [0.25, 0.3) is 0 Å². The van der Waals surface area contributed by atoms with E-state index in [1.165, 1.54) is 12.3 Å². The molecule has 0 atom stereocenters. The highest BCUT2D eigenvalue weighted by Gasteiger charge is 2.18. The molecular weight excluding hydrogens is 285 g/mol. The SMILES string of the molecule is Cc1cccnc1C(=O)c1cccc(Br)c1F. The fourth-order valence-corrected chi connectivity index (χ4v) is 1.90. The predicted molar refractivity (Wildman–Crippen MR) is 66.5 cm³/mol. The number of aromatic nitrogens is 1. The Labute approximate surface area is 107 Å². The lowest BCUT2D eigenvalue weighted by atomic mass is 10.0. The Morgan fingerprint density at radius 2 is 2.06 bits per heavy atom. The first-order valence-corrected chi connectivity index (χ1v) is 5.81. The van der Waals surface area contributed by atoms with Gasteiger partial charge in [-0.05, 0) is 46.6 Å². The number of carbonyl (C=O) groups is 1. The number of rotatable bonds is 2. The van der Waals surface area contributed by atoms with E-state index in [4.69, 9.17) is 0 Å². The maximum absolute atomic E-state index is 13.8. The van der Waals surface area contributed by atoms with Crippen LogP contribution in [0.15, 0.2) is 41.0 Å². The Morgan fingerprint density at radius 1 is 1.29 bits per heavy atom. The van der Waals surface area contributed by atoms with Crippen LogP contribution in [0, 0.1) is 12.7 Å². The summed E-state index contributed by atoms with van der Waals surface area (Å²) in [6, 6.07) is 8.14. The van der Waals surface area contributed by atoms with Crippen LogP contribution in [-0.2, 0) is 0 Å². The monoisotopic (exact) mass is 293 g/mol. The summed E-state index contributed by atoms with van der Waals surface area (Å²) in [5, 5.41) is 0. The molecule has 17 heavy (non-hydrogen) atoms. The van der Waals surface area contributed by atoms with Gasteiger partial charge in [0.1, 0.15) is 11.5 Å². The number of nitrogens with zero attached hydrogens (tertiary/aromatic N) is 1. The largest absolute Gasteiger partial charge is 0.287 e. The van der Waals surface area contributed by atoms with Crippen LogP contribution in [0.4, 0.5) is 4.39 Å². The Bertz CT molecular complexity index is 583. The average molecular weight is 294 g/mol. The Kier molecular flexibility index (Phi) is 3.33. The van der Waals surface area contributed by atoms with E-state index in [1.54, 1.807) is 31.2 Å². The fraction of sp³-hybridized carbons (Fsp3) is 0.0769. The molecule has 0 saturated heterocycles. The van der Waals surface area contributed by atoms with Crippen LogP contribution in [0.3, 0.4) is 0 Å². The predicted octanol–water partition coefficient (Wildman–Crippen LogP) is 3.52. The van der Waals surface area contributed by atoms with E-state index in [-0.39, 0.29) is 15.7 Å². The van der Waals surface area contributed by atoms with Gasteiger partial charge >= 0.3 is 0 Å². The molecule has 0 aliphatic carbocycles.